The molecule has 64 valence electrons. The van der Waals surface area contributed by atoms with E-state index in [-0.39, 0.29) is 0 Å². The molecule has 0 radical (unpaired) electrons. The van der Waals surface area contributed by atoms with Gasteiger partial charge in [-0.1, -0.05) is 29.8 Å². The lowest BCUT2D eigenvalue weighted by Crippen LogP contribution is -1.79. The molecule has 0 aromatic heterocycles. The van der Waals surface area contributed by atoms with Crippen molar-refractivity contribution in [2.75, 3.05) is 0 Å². The SMILES string of the molecule is CC(=C(Br)Br)c1ccc(C)cc1. The van der Waals surface area contributed by atoms with Crippen LogP contribution in [0.2, 0.25) is 0 Å². The minimum Gasteiger partial charge on any atom is -0.0587 e. The summed E-state index contributed by atoms with van der Waals surface area (Å²) in [5.41, 5.74) is 3.75. The summed E-state index contributed by atoms with van der Waals surface area (Å²) in [7, 11) is 0. The third-order valence-electron chi connectivity index (χ3n) is 1.77. The van der Waals surface area contributed by atoms with Gasteiger partial charge in [-0.2, -0.15) is 0 Å². The van der Waals surface area contributed by atoms with E-state index in [2.05, 4.69) is 70.0 Å². The maximum absolute atomic E-state index is 3.39. The lowest BCUT2D eigenvalue weighted by Gasteiger charge is -2.01. The third-order valence-corrected chi connectivity index (χ3v) is 2.96. The molecule has 0 saturated heterocycles. The minimum atomic E-state index is 1.01. The molecule has 0 spiro atoms. The molecule has 1 aromatic carbocycles. The number of aryl methyl sites for hydroxylation is 1. The average Bonchev–Trinajstić information content (AvgIpc) is 2.04. The molecule has 0 nitrogen and oxygen atoms in total. The van der Waals surface area contributed by atoms with Crippen LogP contribution in [0.3, 0.4) is 0 Å². The predicted octanol–water partition coefficient (Wildman–Crippen LogP) is 4.47. The average molecular weight is 290 g/mol. The van der Waals surface area contributed by atoms with E-state index in [0.29, 0.717) is 0 Å². The van der Waals surface area contributed by atoms with Crippen LogP contribution in [-0.4, -0.2) is 0 Å². The molecule has 0 atom stereocenters. The monoisotopic (exact) mass is 288 g/mol. The molecule has 2 heteroatoms. The second-order valence-corrected chi connectivity index (χ2v) is 5.40. The van der Waals surface area contributed by atoms with Crippen LogP contribution in [0.15, 0.2) is 27.7 Å². The highest BCUT2D eigenvalue weighted by atomic mass is 79.9. The van der Waals surface area contributed by atoms with E-state index in [0.717, 1.165) is 3.39 Å². The van der Waals surface area contributed by atoms with Crippen molar-refractivity contribution in [2.24, 2.45) is 0 Å². The van der Waals surface area contributed by atoms with Gasteiger partial charge in [-0.25, -0.2) is 0 Å². The molecule has 0 saturated carbocycles. The maximum Gasteiger partial charge on any atom is 0.0639 e. The summed E-state index contributed by atoms with van der Waals surface area (Å²) < 4.78 is 1.01. The van der Waals surface area contributed by atoms with E-state index >= 15 is 0 Å². The smallest absolute Gasteiger partial charge is 0.0587 e. The molecule has 0 heterocycles. The molecule has 0 aliphatic carbocycles. The quantitative estimate of drug-likeness (QED) is 0.715. The summed E-state index contributed by atoms with van der Waals surface area (Å²) in [4.78, 5) is 0. The van der Waals surface area contributed by atoms with E-state index in [4.69, 9.17) is 0 Å². The van der Waals surface area contributed by atoms with Crippen molar-refractivity contribution in [2.45, 2.75) is 13.8 Å². The zero-order valence-corrected chi connectivity index (χ0v) is 10.2. The molecule has 0 aliphatic rings. The fourth-order valence-corrected chi connectivity index (χ4v) is 1.37. The van der Waals surface area contributed by atoms with Gasteiger partial charge < -0.3 is 0 Å². The lowest BCUT2D eigenvalue weighted by atomic mass is 10.1. The fourth-order valence-electron chi connectivity index (χ4n) is 0.913. The Bertz CT molecular complexity index is 292. The van der Waals surface area contributed by atoms with E-state index in [9.17, 15) is 0 Å². The van der Waals surface area contributed by atoms with Crippen molar-refractivity contribution in [3.05, 3.63) is 38.8 Å². The third kappa shape index (κ3) is 2.46. The Balaban J connectivity index is 3.06. The summed E-state index contributed by atoms with van der Waals surface area (Å²) >= 11 is 6.78. The fraction of sp³-hybridized carbons (Fsp3) is 0.200. The van der Waals surface area contributed by atoms with E-state index < -0.39 is 0 Å². The summed E-state index contributed by atoms with van der Waals surface area (Å²) in [5.74, 6) is 0. The van der Waals surface area contributed by atoms with Gasteiger partial charge in [0.1, 0.15) is 0 Å². The van der Waals surface area contributed by atoms with E-state index in [1.54, 1.807) is 0 Å². The number of hydrogen-bond donors (Lipinski definition) is 0. The van der Waals surface area contributed by atoms with Gasteiger partial charge in [0.2, 0.25) is 0 Å². The van der Waals surface area contributed by atoms with Crippen molar-refractivity contribution in [3.8, 4) is 0 Å². The highest BCUT2D eigenvalue weighted by Crippen LogP contribution is 2.26. The molecule has 0 aliphatic heterocycles. The Labute approximate surface area is 89.9 Å². The van der Waals surface area contributed by atoms with Crippen LogP contribution >= 0.6 is 31.9 Å². The van der Waals surface area contributed by atoms with Crippen molar-refractivity contribution >= 4 is 37.4 Å². The molecule has 12 heavy (non-hydrogen) atoms. The Morgan fingerprint density at radius 2 is 1.58 bits per heavy atom. The summed E-state index contributed by atoms with van der Waals surface area (Å²) in [6, 6.07) is 8.46. The van der Waals surface area contributed by atoms with Crippen molar-refractivity contribution in [1.29, 1.82) is 0 Å². The first-order valence-electron chi connectivity index (χ1n) is 3.70. The van der Waals surface area contributed by atoms with Gasteiger partial charge in [0.25, 0.3) is 0 Å². The molecule has 0 amide bonds. The standard InChI is InChI=1S/C10H10Br2/c1-7-3-5-9(6-4-7)8(2)10(11)12/h3-6H,1-2H3. The highest BCUT2D eigenvalue weighted by Gasteiger charge is 1.97. The highest BCUT2D eigenvalue weighted by molar-refractivity contribution is 9.28. The summed E-state index contributed by atoms with van der Waals surface area (Å²) in [6.45, 7) is 4.16. The van der Waals surface area contributed by atoms with Crippen molar-refractivity contribution < 1.29 is 0 Å². The molecule has 0 bridgehead atoms. The Kier molecular flexibility index (Phi) is 3.53. The number of benzene rings is 1. The van der Waals surface area contributed by atoms with Gasteiger partial charge in [-0.15, -0.1) is 0 Å². The van der Waals surface area contributed by atoms with Gasteiger partial charge >= 0.3 is 0 Å². The molecular weight excluding hydrogens is 280 g/mol. The summed E-state index contributed by atoms with van der Waals surface area (Å²) in [5, 5.41) is 0. The molecule has 0 unspecified atom stereocenters. The van der Waals surface area contributed by atoms with E-state index in [1.807, 2.05) is 0 Å². The van der Waals surface area contributed by atoms with Crippen LogP contribution in [0.1, 0.15) is 18.1 Å². The Morgan fingerprint density at radius 1 is 1.08 bits per heavy atom. The molecule has 0 N–H and O–H groups in total. The topological polar surface area (TPSA) is 0 Å². The number of hydrogen-bond acceptors (Lipinski definition) is 0. The van der Waals surface area contributed by atoms with Gasteiger partial charge in [-0.05, 0) is 56.8 Å². The second-order valence-electron chi connectivity index (χ2n) is 2.75. The normalized spacial score (nSPS) is 9.67. The van der Waals surface area contributed by atoms with Gasteiger partial charge in [0.15, 0.2) is 0 Å². The molecule has 0 fully saturated rings. The Hall–Kier alpha value is -0.0800. The summed E-state index contributed by atoms with van der Waals surface area (Å²) in [6.07, 6.45) is 0. The van der Waals surface area contributed by atoms with Crippen LogP contribution in [0.4, 0.5) is 0 Å². The van der Waals surface area contributed by atoms with Crippen LogP contribution in [-0.2, 0) is 0 Å². The first-order valence-corrected chi connectivity index (χ1v) is 5.29. The number of rotatable bonds is 1. The minimum absolute atomic E-state index is 1.01. The molecular formula is C10H10Br2. The van der Waals surface area contributed by atoms with Gasteiger partial charge in [0.05, 0.1) is 3.39 Å². The van der Waals surface area contributed by atoms with Crippen molar-refractivity contribution in [1.82, 2.24) is 0 Å². The zero-order valence-electron chi connectivity index (χ0n) is 7.07. The number of halogens is 2. The maximum atomic E-state index is 3.39. The lowest BCUT2D eigenvalue weighted by molar-refractivity contribution is 1.45. The first kappa shape index (κ1) is 10.0. The van der Waals surface area contributed by atoms with Crippen molar-refractivity contribution in [3.63, 3.8) is 0 Å². The second kappa shape index (κ2) is 4.24. The van der Waals surface area contributed by atoms with Crippen LogP contribution in [0, 0.1) is 6.92 Å². The van der Waals surface area contributed by atoms with Gasteiger partial charge in [0, 0.05) is 0 Å². The molecule has 1 aromatic rings. The predicted molar refractivity (Wildman–Crippen MR) is 61.6 cm³/mol. The van der Waals surface area contributed by atoms with Crippen LogP contribution < -0.4 is 0 Å². The van der Waals surface area contributed by atoms with Crippen LogP contribution in [0.5, 0.6) is 0 Å². The zero-order chi connectivity index (χ0) is 9.14. The number of allylic oxidation sites excluding steroid dienone is 1. The van der Waals surface area contributed by atoms with Gasteiger partial charge in [-0.3, -0.25) is 0 Å². The molecule has 1 rings (SSSR count). The Morgan fingerprint density at radius 3 is 2.00 bits per heavy atom. The first-order chi connectivity index (χ1) is 5.61. The van der Waals surface area contributed by atoms with E-state index in [1.165, 1.54) is 16.7 Å². The largest absolute Gasteiger partial charge is 0.0639 e. The van der Waals surface area contributed by atoms with Crippen LogP contribution in [0.25, 0.3) is 5.57 Å².